The van der Waals surface area contributed by atoms with Crippen molar-refractivity contribution in [1.29, 1.82) is 0 Å². The van der Waals surface area contributed by atoms with E-state index in [1.165, 1.54) is 19.2 Å². The van der Waals surface area contributed by atoms with Crippen LogP contribution >= 0.6 is 0 Å². The molecule has 0 spiro atoms. The van der Waals surface area contributed by atoms with E-state index in [-0.39, 0.29) is 20.9 Å². The predicted octanol–water partition coefficient (Wildman–Crippen LogP) is 4.75. The molecule has 0 atom stereocenters. The summed E-state index contributed by atoms with van der Waals surface area (Å²) in [5.41, 5.74) is 3.91. The quantitative estimate of drug-likeness (QED) is 0.159. The molecule has 5 rings (SSSR count). The molecule has 8 nitrogen and oxygen atoms in total. The van der Waals surface area contributed by atoms with E-state index >= 15 is 0 Å². The van der Waals surface area contributed by atoms with Gasteiger partial charge in [0.25, 0.3) is 11.8 Å². The molecule has 10 heteroatoms. The number of hydrogen-bond donors (Lipinski definition) is 3. The van der Waals surface area contributed by atoms with E-state index in [1.54, 1.807) is 0 Å². The van der Waals surface area contributed by atoms with Crippen LogP contribution < -0.4 is 16.0 Å². The number of sulfone groups is 1. The van der Waals surface area contributed by atoms with E-state index in [4.69, 9.17) is 0 Å². The fourth-order valence-electron chi connectivity index (χ4n) is 4.78. The second-order valence-electron chi connectivity index (χ2n) is 10.3. The van der Waals surface area contributed by atoms with Crippen molar-refractivity contribution < 1.29 is 22.4 Å². The van der Waals surface area contributed by atoms with E-state index in [1.807, 2.05) is 68.7 Å². The van der Waals surface area contributed by atoms with Crippen LogP contribution in [0.4, 0.5) is 15.8 Å². The van der Waals surface area contributed by atoms with Crippen molar-refractivity contribution >= 4 is 44.3 Å². The number of carbonyl (C=O) groups is 2. The van der Waals surface area contributed by atoms with Gasteiger partial charge in [-0.2, -0.15) is 0 Å². The SMILES string of the molecule is CNC(=O)C#Cc1cc2c(cc1S(=O)(=O)c1ccc(F)cc1)/C(=C(/Nc1ccc(CN(C)C)cc1)c1ccccc1)C(=O)N2. The standard InChI is InChI=1S/C34H29FN4O4S/c1-36-31(40)18-11-24-19-29-28(20-30(24)44(42,43)27-16-12-25(35)13-17-27)32(34(41)38-29)33(23-7-5-4-6-8-23)37-26-14-9-22(10-15-26)21-39(2)3/h4-10,12-17,19-20,37H,21H2,1-3H3,(H,36,40)(H,38,41)/b33-32-. The number of hydrogen-bond acceptors (Lipinski definition) is 6. The lowest BCUT2D eigenvalue weighted by atomic mass is 9.99. The van der Waals surface area contributed by atoms with E-state index in [2.05, 4.69) is 32.7 Å². The molecule has 0 saturated carbocycles. The Morgan fingerprint density at radius 1 is 0.955 bits per heavy atom. The Morgan fingerprint density at radius 2 is 1.64 bits per heavy atom. The van der Waals surface area contributed by atoms with Crippen LogP contribution in [0.15, 0.2) is 101 Å². The molecule has 4 aromatic carbocycles. The average molecular weight is 609 g/mol. The normalized spacial score (nSPS) is 13.4. The van der Waals surface area contributed by atoms with Crippen molar-refractivity contribution in [3.63, 3.8) is 0 Å². The van der Waals surface area contributed by atoms with Gasteiger partial charge in [-0.1, -0.05) is 48.4 Å². The van der Waals surface area contributed by atoms with Crippen LogP contribution in [0.25, 0.3) is 11.3 Å². The number of benzene rings is 4. The molecule has 0 aliphatic carbocycles. The molecule has 0 bridgehead atoms. The first-order valence-electron chi connectivity index (χ1n) is 13.6. The molecule has 1 heterocycles. The second-order valence-corrected chi connectivity index (χ2v) is 12.2. The molecule has 3 N–H and O–H groups in total. The third-order valence-electron chi connectivity index (χ3n) is 6.85. The van der Waals surface area contributed by atoms with Gasteiger partial charge < -0.3 is 20.9 Å². The van der Waals surface area contributed by atoms with Gasteiger partial charge in [-0.3, -0.25) is 9.59 Å². The third-order valence-corrected chi connectivity index (χ3v) is 8.66. The second kappa shape index (κ2) is 12.6. The maximum atomic E-state index is 13.9. The van der Waals surface area contributed by atoms with Gasteiger partial charge in [-0.15, -0.1) is 0 Å². The van der Waals surface area contributed by atoms with E-state index in [0.29, 0.717) is 22.5 Å². The average Bonchev–Trinajstić information content (AvgIpc) is 3.33. The predicted molar refractivity (Wildman–Crippen MR) is 169 cm³/mol. The minimum Gasteiger partial charge on any atom is -0.354 e. The zero-order chi connectivity index (χ0) is 31.4. The Hall–Kier alpha value is -5.24. The Labute approximate surface area is 255 Å². The first-order valence-corrected chi connectivity index (χ1v) is 15.1. The number of nitrogens with one attached hydrogen (secondary N) is 3. The molecule has 44 heavy (non-hydrogen) atoms. The summed E-state index contributed by atoms with van der Waals surface area (Å²) in [7, 11) is 1.12. The Balaban J connectivity index is 1.72. The van der Waals surface area contributed by atoms with Crippen molar-refractivity contribution in [2.75, 3.05) is 31.8 Å². The van der Waals surface area contributed by atoms with Crippen molar-refractivity contribution in [1.82, 2.24) is 10.2 Å². The molecule has 0 unspecified atom stereocenters. The Morgan fingerprint density at radius 3 is 2.27 bits per heavy atom. The van der Waals surface area contributed by atoms with Crippen molar-refractivity contribution in [3.8, 4) is 11.8 Å². The van der Waals surface area contributed by atoms with Gasteiger partial charge >= 0.3 is 0 Å². The van der Waals surface area contributed by atoms with Gasteiger partial charge in [-0.25, -0.2) is 12.8 Å². The molecule has 0 saturated heterocycles. The fraction of sp³-hybridized carbons (Fsp3) is 0.118. The highest BCUT2D eigenvalue weighted by atomic mass is 32.2. The Kier molecular flexibility index (Phi) is 8.62. The monoisotopic (exact) mass is 608 g/mol. The smallest absolute Gasteiger partial charge is 0.295 e. The molecule has 4 aromatic rings. The van der Waals surface area contributed by atoms with Crippen molar-refractivity contribution in [3.05, 3.63) is 119 Å². The summed E-state index contributed by atoms with van der Waals surface area (Å²) >= 11 is 0. The highest BCUT2D eigenvalue weighted by Gasteiger charge is 2.32. The molecule has 2 amide bonds. The molecule has 0 radical (unpaired) electrons. The molecule has 1 aliphatic rings. The van der Waals surface area contributed by atoms with E-state index in [0.717, 1.165) is 42.1 Å². The van der Waals surface area contributed by atoms with Gasteiger partial charge in [0.1, 0.15) is 5.82 Å². The summed E-state index contributed by atoms with van der Waals surface area (Å²) in [5, 5.41) is 8.58. The lowest BCUT2D eigenvalue weighted by Crippen LogP contribution is -2.14. The molecule has 222 valence electrons. The minimum absolute atomic E-state index is 0.00364. The van der Waals surface area contributed by atoms with Crippen LogP contribution in [0.3, 0.4) is 0 Å². The molecule has 0 fully saturated rings. The zero-order valence-electron chi connectivity index (χ0n) is 24.2. The van der Waals surface area contributed by atoms with Gasteiger partial charge in [0.2, 0.25) is 9.84 Å². The highest BCUT2D eigenvalue weighted by molar-refractivity contribution is 7.91. The fourth-order valence-corrected chi connectivity index (χ4v) is 6.20. The number of amides is 2. The maximum absolute atomic E-state index is 13.9. The molecule has 0 aromatic heterocycles. The zero-order valence-corrected chi connectivity index (χ0v) is 25.1. The topological polar surface area (TPSA) is 108 Å². The van der Waals surface area contributed by atoms with Gasteiger partial charge in [-0.05, 0) is 73.8 Å². The summed E-state index contributed by atoms with van der Waals surface area (Å²) < 4.78 is 41.4. The van der Waals surface area contributed by atoms with Gasteiger partial charge in [0, 0.05) is 36.3 Å². The van der Waals surface area contributed by atoms with Crippen LogP contribution in [0.2, 0.25) is 0 Å². The highest BCUT2D eigenvalue weighted by Crippen LogP contribution is 2.41. The largest absolute Gasteiger partial charge is 0.354 e. The molecule has 1 aliphatic heterocycles. The number of carbonyl (C=O) groups excluding carboxylic acids is 2. The van der Waals surface area contributed by atoms with Gasteiger partial charge in [0.15, 0.2) is 0 Å². The number of nitrogens with zero attached hydrogens (tertiary/aromatic N) is 1. The van der Waals surface area contributed by atoms with Crippen LogP contribution in [0.1, 0.15) is 22.3 Å². The minimum atomic E-state index is -4.25. The number of halogens is 1. The molecular formula is C34H29FN4O4S. The van der Waals surface area contributed by atoms with Crippen molar-refractivity contribution in [2.45, 2.75) is 16.3 Å². The van der Waals surface area contributed by atoms with Crippen LogP contribution in [0, 0.1) is 17.7 Å². The lowest BCUT2D eigenvalue weighted by molar-refractivity contribution is -0.115. The number of anilines is 2. The summed E-state index contributed by atoms with van der Waals surface area (Å²) in [6.45, 7) is 0.763. The summed E-state index contributed by atoms with van der Waals surface area (Å²) in [6, 6.07) is 24.3. The first kappa shape index (κ1) is 30.2. The summed E-state index contributed by atoms with van der Waals surface area (Å²) in [4.78, 5) is 27.2. The van der Waals surface area contributed by atoms with E-state index in [9.17, 15) is 22.4 Å². The van der Waals surface area contributed by atoms with Crippen LogP contribution in [-0.4, -0.2) is 46.3 Å². The lowest BCUT2D eigenvalue weighted by Gasteiger charge is -2.16. The molecular weight excluding hydrogens is 579 g/mol. The first-order chi connectivity index (χ1) is 21.1. The number of rotatable bonds is 7. The van der Waals surface area contributed by atoms with Gasteiger partial charge in [0.05, 0.1) is 26.7 Å². The summed E-state index contributed by atoms with van der Waals surface area (Å²) in [6.07, 6.45) is 0. The number of fused-ring (bicyclic) bond motifs is 1. The van der Waals surface area contributed by atoms with Crippen molar-refractivity contribution in [2.24, 2.45) is 0 Å². The van der Waals surface area contributed by atoms with Crippen LogP contribution in [-0.2, 0) is 26.0 Å². The Bertz CT molecular complexity index is 1940. The third kappa shape index (κ3) is 6.39. The summed E-state index contributed by atoms with van der Waals surface area (Å²) in [5.74, 6) is 3.34. The maximum Gasteiger partial charge on any atom is 0.295 e. The van der Waals surface area contributed by atoms with E-state index < -0.39 is 27.5 Å². The van der Waals surface area contributed by atoms with Crippen LogP contribution in [0.5, 0.6) is 0 Å².